The highest BCUT2D eigenvalue weighted by molar-refractivity contribution is 5.90. The molecule has 4 aromatic rings. The second kappa shape index (κ2) is 35.3. The predicted molar refractivity (Wildman–Crippen MR) is 354 cm³/mol. The minimum Gasteiger partial charge on any atom is -0.494 e. The van der Waals surface area contributed by atoms with Crippen molar-refractivity contribution in [3.05, 3.63) is 157 Å². The first-order chi connectivity index (χ1) is 43.0. The summed E-state index contributed by atoms with van der Waals surface area (Å²) in [5.74, 6) is 19.5. The molecule has 0 saturated heterocycles. The Morgan fingerprint density at radius 2 is 0.818 bits per heavy atom. The first kappa shape index (κ1) is 67.0. The van der Waals surface area contributed by atoms with Crippen molar-refractivity contribution in [3.63, 3.8) is 0 Å². The maximum atomic E-state index is 14.0. The number of rotatable bonds is 30. The molecule has 0 N–H and O–H groups in total. The maximum Gasteiger partial charge on any atom is 0.339 e. The molecule has 8 rings (SSSR count). The van der Waals surface area contributed by atoms with Gasteiger partial charge in [0.1, 0.15) is 17.3 Å². The van der Waals surface area contributed by atoms with Crippen LogP contribution in [0.4, 0.5) is 0 Å². The summed E-state index contributed by atoms with van der Waals surface area (Å²) in [4.78, 5) is 39.3. The molecule has 0 unspecified atom stereocenters. The van der Waals surface area contributed by atoms with Crippen molar-refractivity contribution >= 4 is 17.9 Å². The Balaban J connectivity index is 0.891. The second-order valence-corrected chi connectivity index (χ2v) is 25.7. The first-order valence-corrected chi connectivity index (χ1v) is 33.9. The summed E-state index contributed by atoms with van der Waals surface area (Å²) < 4.78 is 35.7. The number of hydrogen-bond acceptors (Lipinski definition) is 9. The number of esters is 3. The van der Waals surface area contributed by atoms with Gasteiger partial charge in [-0.25, -0.2) is 14.4 Å². The number of carbonyl (C=O) groups excluding carboxylic acids is 3. The zero-order valence-electron chi connectivity index (χ0n) is 53.3. The van der Waals surface area contributed by atoms with Crippen LogP contribution in [-0.2, 0) is 23.7 Å². The van der Waals surface area contributed by atoms with Crippen molar-refractivity contribution in [2.45, 2.75) is 205 Å². The largest absolute Gasteiger partial charge is 0.494 e. The third-order valence-corrected chi connectivity index (χ3v) is 19.5. The molecule has 0 spiro atoms. The normalized spacial score (nSPS) is 23.3. The summed E-state index contributed by atoms with van der Waals surface area (Å²) in [7, 11) is 0. The van der Waals surface area contributed by atoms with Gasteiger partial charge in [-0.2, -0.15) is 0 Å². The van der Waals surface area contributed by atoms with Gasteiger partial charge < -0.3 is 28.4 Å². The van der Waals surface area contributed by atoms with Crippen molar-refractivity contribution in [1.82, 2.24) is 0 Å². The fraction of sp³-hybridized carbons (Fsp3) is 0.532. The van der Waals surface area contributed by atoms with Gasteiger partial charge in [0.05, 0.1) is 37.6 Å². The van der Waals surface area contributed by atoms with Crippen molar-refractivity contribution in [2.75, 3.05) is 26.4 Å². The lowest BCUT2D eigenvalue weighted by molar-refractivity contribution is -0.137. The lowest BCUT2D eigenvalue weighted by Crippen LogP contribution is -2.39. The number of hydrogen-bond donors (Lipinski definition) is 0. The van der Waals surface area contributed by atoms with Crippen LogP contribution < -0.4 is 9.47 Å². The van der Waals surface area contributed by atoms with Gasteiger partial charge in [-0.3, -0.25) is 0 Å². The zero-order chi connectivity index (χ0) is 61.8. The van der Waals surface area contributed by atoms with E-state index < -0.39 is 11.2 Å². The van der Waals surface area contributed by atoms with Gasteiger partial charge in [0.25, 0.3) is 0 Å². The quantitative estimate of drug-likeness (QED) is 0.00959. The molecule has 9 heteroatoms. The van der Waals surface area contributed by atoms with Crippen molar-refractivity contribution in [3.8, 4) is 46.3 Å². The van der Waals surface area contributed by atoms with Crippen LogP contribution in [-0.4, -0.2) is 55.5 Å². The lowest BCUT2D eigenvalue weighted by Gasteiger charge is -2.41. The van der Waals surface area contributed by atoms with Gasteiger partial charge in [0, 0.05) is 17.2 Å². The Labute approximate surface area is 528 Å². The van der Waals surface area contributed by atoms with E-state index in [-0.39, 0.29) is 17.9 Å². The van der Waals surface area contributed by atoms with Gasteiger partial charge >= 0.3 is 17.9 Å². The Bertz CT molecular complexity index is 2730. The molecule has 0 radical (unpaired) electrons. The minimum atomic E-state index is -0.883. The van der Waals surface area contributed by atoms with Crippen molar-refractivity contribution in [2.24, 2.45) is 35.5 Å². The molecule has 0 amide bonds. The van der Waals surface area contributed by atoms with Crippen LogP contribution in [0.15, 0.2) is 135 Å². The van der Waals surface area contributed by atoms with E-state index in [1.165, 1.54) is 83.1 Å². The van der Waals surface area contributed by atoms with Crippen LogP contribution >= 0.6 is 0 Å². The summed E-state index contributed by atoms with van der Waals surface area (Å²) in [6.07, 6.45) is 33.1. The van der Waals surface area contributed by atoms with E-state index in [2.05, 4.69) is 106 Å². The second-order valence-electron chi connectivity index (χ2n) is 25.7. The number of carbonyl (C=O) groups is 3. The van der Waals surface area contributed by atoms with Gasteiger partial charge in [-0.05, 0) is 266 Å². The molecule has 88 heavy (non-hydrogen) atoms. The summed E-state index contributed by atoms with van der Waals surface area (Å²) in [5, 5.41) is 0. The first-order valence-electron chi connectivity index (χ1n) is 33.9. The topological polar surface area (TPSA) is 107 Å². The van der Waals surface area contributed by atoms with Crippen molar-refractivity contribution in [1.29, 1.82) is 0 Å². The van der Waals surface area contributed by atoms with Crippen LogP contribution in [0.3, 0.4) is 0 Å². The zero-order valence-corrected chi connectivity index (χ0v) is 53.3. The van der Waals surface area contributed by atoms with E-state index in [9.17, 15) is 14.4 Å². The number of unbranched alkanes of at least 4 members (excludes halogenated alkanes) is 6. The fourth-order valence-electron chi connectivity index (χ4n) is 14.1. The standard InChI is InChI=1S/C79H100O9/c1-6-18-61-20-28-67(29-21-61)69-46-52-78(53-47-69,87-76(81)71-36-40-73(41-37-71)84-57-15-11-10-14-56-83-60(5)8-3)50-44-63-24-32-65(33-25-63)66-34-26-64(27-35-66)45-51-79(54-48-70(49-55-79)68-30-22-62(19-7-2)23-31-68)88-77(82)72-38-42-74(43-39-72)85-58-16-12-13-17-59-86-75(80)9-4/h8-9,24-27,32-43,61-62,67-70H,3-7,10-23,28-31,46-49,52-59H2,1-2H3. The highest BCUT2D eigenvalue weighted by Crippen LogP contribution is 2.46. The van der Waals surface area contributed by atoms with Crippen LogP contribution in [0.5, 0.6) is 11.5 Å². The van der Waals surface area contributed by atoms with Crippen LogP contribution in [0.2, 0.25) is 0 Å². The molecule has 0 aromatic heterocycles. The SMILES string of the molecule is C=CC(=C)OCCCCCCOc1ccc(C(=O)OC2(C#Cc3ccc(-c4ccc(C#CC5(OC(=O)c6ccc(OCCCCCCOC(=O)C=C)cc6)CCC(C6CCC(CCC)CC6)CC5)cc4)cc3)CCC(C3CCC(CCC)CC3)CC2)cc1. The minimum absolute atomic E-state index is 0.348. The third kappa shape index (κ3) is 21.1. The molecule has 0 atom stereocenters. The molecule has 470 valence electrons. The number of allylic oxidation sites excluding steroid dienone is 1. The average Bonchev–Trinajstić information content (AvgIpc) is 3.11. The molecular weight excluding hydrogens is 1090 g/mol. The number of benzene rings is 4. The van der Waals surface area contributed by atoms with Gasteiger partial charge in [-0.1, -0.05) is 121 Å². The molecular formula is C79H100O9. The third-order valence-electron chi connectivity index (χ3n) is 19.5. The van der Waals surface area contributed by atoms with Crippen LogP contribution in [0.1, 0.15) is 225 Å². The van der Waals surface area contributed by atoms with Gasteiger partial charge in [0.2, 0.25) is 0 Å². The van der Waals surface area contributed by atoms with E-state index in [1.807, 2.05) is 24.3 Å². The summed E-state index contributed by atoms with van der Waals surface area (Å²) in [6, 6.07) is 31.2. The molecule has 0 aliphatic heterocycles. The molecule has 4 saturated carbocycles. The monoisotopic (exact) mass is 1190 g/mol. The molecule has 9 nitrogen and oxygen atoms in total. The summed E-state index contributed by atoms with van der Waals surface area (Å²) in [6.45, 7) is 17.7. The highest BCUT2D eigenvalue weighted by Gasteiger charge is 2.42. The average molecular weight is 1190 g/mol. The molecule has 0 heterocycles. The Morgan fingerprint density at radius 3 is 1.18 bits per heavy atom. The van der Waals surface area contributed by atoms with E-state index in [4.69, 9.17) is 28.4 Å². The van der Waals surface area contributed by atoms with E-state index >= 15 is 0 Å². The molecule has 0 bridgehead atoms. The Morgan fingerprint density at radius 1 is 0.455 bits per heavy atom. The lowest BCUT2D eigenvalue weighted by atomic mass is 9.67. The molecule has 4 aliphatic rings. The smallest absolute Gasteiger partial charge is 0.339 e. The van der Waals surface area contributed by atoms with E-state index in [0.717, 1.165) is 154 Å². The number of ether oxygens (including phenoxy) is 6. The van der Waals surface area contributed by atoms with Crippen LogP contribution in [0.25, 0.3) is 11.1 Å². The van der Waals surface area contributed by atoms with E-state index in [0.29, 0.717) is 60.9 Å². The highest BCUT2D eigenvalue weighted by atomic mass is 16.6. The molecule has 4 aliphatic carbocycles. The predicted octanol–water partition coefficient (Wildman–Crippen LogP) is 19.2. The van der Waals surface area contributed by atoms with Gasteiger partial charge in [0.15, 0.2) is 11.2 Å². The Hall–Kier alpha value is -6.97. The molecule has 4 aromatic carbocycles. The van der Waals surface area contributed by atoms with Gasteiger partial charge in [-0.15, -0.1) is 0 Å². The summed E-state index contributed by atoms with van der Waals surface area (Å²) in [5.41, 5.74) is 3.10. The summed E-state index contributed by atoms with van der Waals surface area (Å²) >= 11 is 0. The van der Waals surface area contributed by atoms with E-state index in [1.54, 1.807) is 30.3 Å². The van der Waals surface area contributed by atoms with Crippen molar-refractivity contribution < 1.29 is 42.8 Å². The maximum absolute atomic E-state index is 14.0. The Kier molecular flexibility index (Phi) is 26.8. The molecule has 4 fully saturated rings. The fourth-order valence-corrected chi connectivity index (χ4v) is 14.1. The van der Waals surface area contributed by atoms with Crippen LogP contribution in [0, 0.1) is 59.2 Å².